The van der Waals surface area contributed by atoms with E-state index in [2.05, 4.69) is 84.3 Å². The molecule has 15 heteroatoms. The number of pyridine rings is 4. The molecule has 1 N–H and O–H groups in total. The summed E-state index contributed by atoms with van der Waals surface area (Å²) in [5, 5.41) is 7.42. The first-order valence-corrected chi connectivity index (χ1v) is 26.4. The number of thiol groups is 1. The Morgan fingerprint density at radius 1 is 0.492 bits per heavy atom. The van der Waals surface area contributed by atoms with Crippen LogP contribution in [0.5, 0.6) is 0 Å². The van der Waals surface area contributed by atoms with E-state index in [0.717, 1.165) is 93.4 Å². The number of carbonyl (C=O) groups is 1. The van der Waals surface area contributed by atoms with Crippen molar-refractivity contribution in [3.8, 4) is 0 Å². The zero-order valence-corrected chi connectivity index (χ0v) is 44.3. The van der Waals surface area contributed by atoms with Crippen molar-refractivity contribution in [2.75, 3.05) is 0 Å². The number of aromatic nitrogens is 4. The van der Waals surface area contributed by atoms with Gasteiger partial charge in [-0.2, -0.15) is 0 Å². The molecular weight excluding hydrogens is 969 g/mol. The molecule has 0 aromatic carbocycles. The summed E-state index contributed by atoms with van der Waals surface area (Å²) in [6, 6.07) is 10.5. The van der Waals surface area contributed by atoms with Gasteiger partial charge in [-0.1, -0.05) is 156 Å². The summed E-state index contributed by atoms with van der Waals surface area (Å²) in [5.74, 6) is -0.833. The molecule has 0 atom stereocenters. The van der Waals surface area contributed by atoms with Gasteiger partial charge in [-0.3, -0.25) is 24.0 Å². The molecule has 11 nitrogen and oxygen atoms in total. The van der Waals surface area contributed by atoms with E-state index in [1.165, 1.54) is 103 Å². The molecule has 0 amide bonds. The third-order valence-corrected chi connectivity index (χ3v) is 12.5. The fourth-order valence-corrected chi connectivity index (χ4v) is 8.73. The van der Waals surface area contributed by atoms with Crippen molar-refractivity contribution in [2.45, 2.75) is 215 Å². The average molecular weight is 1050 g/mol. The van der Waals surface area contributed by atoms with E-state index < -0.39 is 5.97 Å². The van der Waals surface area contributed by atoms with E-state index in [4.69, 9.17) is 9.90 Å². The van der Waals surface area contributed by atoms with E-state index in [-0.39, 0.29) is 22.2 Å². The summed E-state index contributed by atoms with van der Waals surface area (Å²) in [6.07, 6.45) is 28.6. The van der Waals surface area contributed by atoms with Gasteiger partial charge in [0.15, 0.2) is 0 Å². The third-order valence-electron chi connectivity index (χ3n) is 11.4. The Morgan fingerprint density at radius 3 is 0.985 bits per heavy atom. The zero-order valence-electron chi connectivity index (χ0n) is 40.3. The second-order valence-corrected chi connectivity index (χ2v) is 18.7. The fraction of sp³-hybridized carbons (Fsp3) is 0.660. The minimum atomic E-state index is -0.833. The average Bonchev–Trinajstić information content (AvgIpc) is 3.27. The molecule has 4 rings (SSSR count). The number of unbranched alkanes of at least 4 members (excludes halogenated alkanes) is 20. The number of aryl methyl sites for hydroxylation is 4. The molecule has 4 heterocycles. The monoisotopic (exact) mass is 1050 g/mol. The van der Waals surface area contributed by atoms with Crippen molar-refractivity contribution >= 4 is 80.3 Å². The van der Waals surface area contributed by atoms with Crippen LogP contribution in [0.25, 0.3) is 22.1 Å². The van der Waals surface area contributed by atoms with Gasteiger partial charge in [0.1, 0.15) is 0 Å². The van der Waals surface area contributed by atoms with Crippen molar-refractivity contribution in [3.05, 3.63) is 86.8 Å². The number of hydrogen-bond acceptors (Lipinski definition) is 7. The topological polar surface area (TPSA) is 138 Å². The SMILES string of the molecule is CC(=O)O.CCCCCCCCn1c(=O)c(Br)cc2c1cc(Br)c(=O)n2CCCCCCCC.CCCCCCCCn1c(=O)ccc2c1ccc(=O)n2CCCCCCCC.[B]=NS. The summed E-state index contributed by atoms with van der Waals surface area (Å²) in [6.45, 7) is 12.8. The quantitative estimate of drug-likeness (QED) is 0.0330. The standard InChI is InChI=1S/C24H36Br2N2O2.C24H38N2O2.C2H4O2.BHNS/c1-3-5-7-9-11-13-15-27-21-17-20(26)24(30)28(16-14-12-10-8-6-4-2)22(21)18-19(25)23(27)29;1-3-5-7-9-11-13-19-25-21-15-18-24(28)26(22(21)16-17-23(25)27)20-14-12-10-8-6-4-2;1-2(3)4;1-2-3/h17-18H,3-16H2,1-2H3;15-18H,3-14,19-20H2,1-2H3;1H3,(H,3,4);3H. The number of carboxylic acids is 1. The molecule has 0 fully saturated rings. The van der Waals surface area contributed by atoms with Crippen LogP contribution >= 0.6 is 44.7 Å². The first-order valence-electron chi connectivity index (χ1n) is 24.4. The molecule has 0 aliphatic carbocycles. The minimum absolute atomic E-state index is 0.0206. The number of nitrogens with zero attached hydrogens (tertiary/aromatic N) is 5. The van der Waals surface area contributed by atoms with Crippen LogP contribution in [0.15, 0.2) is 68.8 Å². The maximum atomic E-state index is 12.8. The van der Waals surface area contributed by atoms with Gasteiger partial charge in [0.05, 0.1) is 31.0 Å². The van der Waals surface area contributed by atoms with Crippen molar-refractivity contribution in [1.29, 1.82) is 0 Å². The van der Waals surface area contributed by atoms with E-state index >= 15 is 0 Å². The molecule has 0 saturated carbocycles. The number of rotatable bonds is 28. The van der Waals surface area contributed by atoms with Crippen molar-refractivity contribution in [3.63, 3.8) is 0 Å². The zero-order chi connectivity index (χ0) is 48.4. The summed E-state index contributed by atoms with van der Waals surface area (Å²) in [5.41, 5.74) is 3.50. The summed E-state index contributed by atoms with van der Waals surface area (Å²) >= 11 is 10.1. The number of carboxylic acid groups (broad SMARTS) is 1. The summed E-state index contributed by atoms with van der Waals surface area (Å²) in [4.78, 5) is 59.5. The molecule has 0 aliphatic heterocycles. The first kappa shape index (κ1) is 60.0. The molecule has 0 bridgehead atoms. The van der Waals surface area contributed by atoms with Crippen LogP contribution in [-0.2, 0) is 31.0 Å². The molecule has 0 unspecified atom stereocenters. The Kier molecular flexibility index (Phi) is 34.1. The van der Waals surface area contributed by atoms with Crippen LogP contribution in [0.4, 0.5) is 0 Å². The van der Waals surface area contributed by atoms with Gasteiger partial charge < -0.3 is 23.4 Å². The normalized spacial score (nSPS) is 10.8. The van der Waals surface area contributed by atoms with E-state index in [1.807, 2.05) is 42.5 Å². The Morgan fingerprint density at radius 2 is 0.723 bits per heavy atom. The maximum absolute atomic E-state index is 12.8. The number of aliphatic carboxylic acids is 1. The molecular formula is C50H79BBr2N5O6S. The Hall–Kier alpha value is -3.04. The van der Waals surface area contributed by atoms with Crippen molar-refractivity contribution in [2.24, 2.45) is 4.30 Å². The number of hydrogen-bond donors (Lipinski definition) is 2. The third kappa shape index (κ3) is 23.5. The molecule has 1 radical (unpaired) electrons. The van der Waals surface area contributed by atoms with Crippen LogP contribution in [-0.4, -0.2) is 37.0 Å². The van der Waals surface area contributed by atoms with Crippen LogP contribution in [0, 0.1) is 0 Å². The number of halogens is 2. The second kappa shape index (κ2) is 37.0. The van der Waals surface area contributed by atoms with Crippen LogP contribution in [0.1, 0.15) is 189 Å². The predicted octanol–water partition coefficient (Wildman–Crippen LogP) is 13.6. The van der Waals surface area contributed by atoms with Gasteiger partial charge >= 0.3 is 24.8 Å². The molecule has 4 aromatic rings. The molecule has 0 spiro atoms. The van der Waals surface area contributed by atoms with E-state index in [0.29, 0.717) is 22.0 Å². The molecule has 65 heavy (non-hydrogen) atoms. The Labute approximate surface area is 412 Å². The summed E-state index contributed by atoms with van der Waals surface area (Å²) < 4.78 is 11.1. The van der Waals surface area contributed by atoms with Crippen molar-refractivity contribution < 1.29 is 9.90 Å². The first-order chi connectivity index (χ1) is 31.3. The number of fused-ring (bicyclic) bond motifs is 2. The fourth-order valence-electron chi connectivity index (χ4n) is 7.87. The summed E-state index contributed by atoms with van der Waals surface area (Å²) in [7, 11) is 4.34. The molecule has 0 saturated heterocycles. The van der Waals surface area contributed by atoms with Crippen LogP contribution in [0.3, 0.4) is 0 Å². The predicted molar refractivity (Wildman–Crippen MR) is 284 cm³/mol. The van der Waals surface area contributed by atoms with Crippen LogP contribution < -0.4 is 22.2 Å². The second-order valence-electron chi connectivity index (χ2n) is 16.8. The van der Waals surface area contributed by atoms with Crippen molar-refractivity contribution in [1.82, 2.24) is 18.3 Å². The van der Waals surface area contributed by atoms with E-state index in [9.17, 15) is 19.2 Å². The molecule has 363 valence electrons. The van der Waals surface area contributed by atoms with Gasteiger partial charge in [-0.25, -0.2) is 0 Å². The van der Waals surface area contributed by atoms with Gasteiger partial charge in [0, 0.05) is 45.2 Å². The molecule has 4 aromatic heterocycles. The van der Waals surface area contributed by atoms with Gasteiger partial charge in [-0.05, 0) is 81.8 Å². The van der Waals surface area contributed by atoms with Crippen LogP contribution in [0.2, 0.25) is 0 Å². The van der Waals surface area contributed by atoms with Gasteiger partial charge in [0.2, 0.25) is 0 Å². The van der Waals surface area contributed by atoms with E-state index in [1.54, 1.807) is 12.1 Å². The Bertz CT molecular complexity index is 2060. The molecule has 0 aliphatic rings. The Balaban J connectivity index is 0.000000569. The van der Waals surface area contributed by atoms with Gasteiger partial charge in [0.25, 0.3) is 28.2 Å². The van der Waals surface area contributed by atoms with Gasteiger partial charge in [-0.15, -0.1) is 0 Å².